The molecule has 10 nitrogen and oxygen atoms in total. The molecule has 0 spiro atoms. The Balaban J connectivity index is 1.48. The molecule has 1 aromatic heterocycles. The topological polar surface area (TPSA) is 127 Å². The second-order valence-electron chi connectivity index (χ2n) is 11.9. The fourth-order valence-electron chi connectivity index (χ4n) is 5.32. The van der Waals surface area contributed by atoms with Crippen LogP contribution in [0, 0.1) is 23.6 Å². The van der Waals surface area contributed by atoms with Crippen LogP contribution < -0.4 is 16.4 Å². The van der Waals surface area contributed by atoms with Gasteiger partial charge in [0.1, 0.15) is 5.82 Å². The van der Waals surface area contributed by atoms with Crippen LogP contribution in [0.15, 0.2) is 27.4 Å². The second-order valence-corrected chi connectivity index (χ2v) is 11.9. The van der Waals surface area contributed by atoms with E-state index in [-0.39, 0.29) is 23.6 Å². The van der Waals surface area contributed by atoms with Crippen LogP contribution in [-0.4, -0.2) is 58.5 Å². The quantitative estimate of drug-likeness (QED) is 0.384. The number of hydrogen-bond acceptors (Lipinski definition) is 7. The number of nitrogens with zero attached hydrogens (tertiary/aromatic N) is 3. The van der Waals surface area contributed by atoms with Crippen LogP contribution in [0.4, 0.5) is 4.39 Å². The maximum atomic E-state index is 13.9. The molecule has 2 amide bonds. The summed E-state index contributed by atoms with van der Waals surface area (Å²) in [6.45, 7) is 4.68. The summed E-state index contributed by atoms with van der Waals surface area (Å²) in [5.41, 5.74) is 0.925. The van der Waals surface area contributed by atoms with Crippen LogP contribution in [0.5, 0.6) is 0 Å². The van der Waals surface area contributed by atoms with Crippen molar-refractivity contribution in [1.29, 1.82) is 0 Å². The molecule has 0 saturated heterocycles. The van der Waals surface area contributed by atoms with Gasteiger partial charge in [-0.15, -0.1) is 5.10 Å². The van der Waals surface area contributed by atoms with E-state index in [0.29, 0.717) is 49.4 Å². The standard InChI is InChI=1S/C29H40FN5O5/c1-17(2)13-24(25(36)28-33-35(29(39)40-28)15-18-9-10-18)32-27(38)22-7-5-6-8-23(22)31-26(37)21-12-11-20(30)14-19(21)16-34(3)4/h11-12,14,17-18,22-24H,5-10,13,15-16H2,1-4H3,(H,31,37)(H,32,38)/t22-,23+,24?/m1/s1. The van der Waals surface area contributed by atoms with E-state index in [1.165, 1.54) is 22.9 Å². The van der Waals surface area contributed by atoms with Gasteiger partial charge in [-0.3, -0.25) is 14.4 Å². The molecule has 1 unspecified atom stereocenters. The molecule has 11 heteroatoms. The minimum atomic E-state index is -0.915. The number of aromatic nitrogens is 2. The number of halogens is 1. The molecule has 0 aliphatic heterocycles. The van der Waals surface area contributed by atoms with Crippen LogP contribution in [-0.2, 0) is 17.9 Å². The molecule has 4 rings (SSSR count). The molecule has 2 N–H and O–H groups in total. The van der Waals surface area contributed by atoms with Crippen molar-refractivity contribution in [1.82, 2.24) is 25.3 Å². The zero-order valence-electron chi connectivity index (χ0n) is 23.7. The van der Waals surface area contributed by atoms with Crippen LogP contribution in [0.3, 0.4) is 0 Å². The van der Waals surface area contributed by atoms with Gasteiger partial charge >= 0.3 is 5.76 Å². The van der Waals surface area contributed by atoms with Gasteiger partial charge in [-0.25, -0.2) is 9.18 Å². The number of carbonyl (C=O) groups excluding carboxylic acids is 3. The number of hydrogen-bond donors (Lipinski definition) is 2. The first-order valence-corrected chi connectivity index (χ1v) is 14.2. The highest BCUT2D eigenvalue weighted by Crippen LogP contribution is 2.30. The van der Waals surface area contributed by atoms with E-state index in [4.69, 9.17) is 4.42 Å². The predicted octanol–water partition coefficient (Wildman–Crippen LogP) is 3.15. The van der Waals surface area contributed by atoms with Gasteiger partial charge in [-0.1, -0.05) is 26.7 Å². The summed E-state index contributed by atoms with van der Waals surface area (Å²) in [4.78, 5) is 54.2. The van der Waals surface area contributed by atoms with Gasteiger partial charge in [0.15, 0.2) is 0 Å². The van der Waals surface area contributed by atoms with Gasteiger partial charge in [-0.05, 0) is 81.8 Å². The van der Waals surface area contributed by atoms with Crippen molar-refractivity contribution in [3.8, 4) is 0 Å². The highest BCUT2D eigenvalue weighted by atomic mass is 19.1. The molecular weight excluding hydrogens is 517 g/mol. The first-order chi connectivity index (χ1) is 19.0. The van der Waals surface area contributed by atoms with Gasteiger partial charge in [0.2, 0.25) is 11.7 Å². The highest BCUT2D eigenvalue weighted by Gasteiger charge is 2.36. The number of nitrogens with one attached hydrogen (secondary N) is 2. The van der Waals surface area contributed by atoms with Gasteiger partial charge in [0.05, 0.1) is 18.5 Å². The van der Waals surface area contributed by atoms with Gasteiger partial charge in [0.25, 0.3) is 11.8 Å². The molecule has 2 aromatic rings. The first-order valence-electron chi connectivity index (χ1n) is 14.2. The summed E-state index contributed by atoms with van der Waals surface area (Å²) in [6.07, 6.45) is 5.21. The Morgan fingerprint density at radius 1 is 1.15 bits per heavy atom. The summed E-state index contributed by atoms with van der Waals surface area (Å²) in [7, 11) is 3.68. The van der Waals surface area contributed by atoms with Crippen LogP contribution >= 0.6 is 0 Å². The highest BCUT2D eigenvalue weighted by molar-refractivity contribution is 5.99. The molecule has 2 fully saturated rings. The largest absolute Gasteiger partial charge is 0.437 e. The van der Waals surface area contributed by atoms with Crippen LogP contribution in [0.25, 0.3) is 0 Å². The smallest absolute Gasteiger partial charge is 0.384 e. The minimum Gasteiger partial charge on any atom is -0.384 e. The van der Waals surface area contributed by atoms with Crippen LogP contribution in [0.1, 0.15) is 85.4 Å². The number of carbonyl (C=O) groups is 3. The van der Waals surface area contributed by atoms with Crippen molar-refractivity contribution >= 4 is 17.6 Å². The van der Waals surface area contributed by atoms with Crippen molar-refractivity contribution < 1.29 is 23.2 Å². The van der Waals surface area contributed by atoms with Crippen molar-refractivity contribution in [2.45, 2.75) is 84.0 Å². The lowest BCUT2D eigenvalue weighted by atomic mass is 9.83. The zero-order chi connectivity index (χ0) is 29.0. The van der Waals surface area contributed by atoms with E-state index in [0.717, 1.165) is 25.7 Å². The van der Waals surface area contributed by atoms with Crippen molar-refractivity contribution in [2.75, 3.05) is 14.1 Å². The number of rotatable bonds is 12. The number of benzene rings is 1. The Kier molecular flexibility index (Phi) is 9.55. The summed E-state index contributed by atoms with van der Waals surface area (Å²) in [6, 6.07) is 2.72. The molecule has 2 saturated carbocycles. The fourth-order valence-corrected chi connectivity index (χ4v) is 5.32. The summed E-state index contributed by atoms with van der Waals surface area (Å²) in [5, 5.41) is 10.00. The minimum absolute atomic E-state index is 0.0740. The Morgan fingerprint density at radius 3 is 2.55 bits per heavy atom. The van der Waals surface area contributed by atoms with E-state index in [1.807, 2.05) is 32.8 Å². The molecule has 2 aliphatic rings. The number of ketones is 1. The molecule has 1 heterocycles. The Morgan fingerprint density at radius 2 is 1.88 bits per heavy atom. The molecule has 0 bridgehead atoms. The van der Waals surface area contributed by atoms with E-state index in [2.05, 4.69) is 15.7 Å². The maximum absolute atomic E-state index is 13.9. The molecule has 40 heavy (non-hydrogen) atoms. The van der Waals surface area contributed by atoms with Crippen LogP contribution in [0.2, 0.25) is 0 Å². The first kappa shape index (κ1) is 29.6. The molecule has 2 aliphatic carbocycles. The normalized spacial score (nSPS) is 20.0. The number of Topliss-reactive ketones (excluding diaryl/α,β-unsaturated/α-hetero) is 1. The second kappa shape index (κ2) is 12.9. The third-order valence-electron chi connectivity index (χ3n) is 7.50. The van der Waals surface area contributed by atoms with Crippen molar-refractivity contribution in [3.63, 3.8) is 0 Å². The lowest BCUT2D eigenvalue weighted by Gasteiger charge is -2.32. The van der Waals surface area contributed by atoms with Gasteiger partial charge in [-0.2, -0.15) is 4.68 Å². The zero-order valence-corrected chi connectivity index (χ0v) is 23.7. The Bertz CT molecular complexity index is 1280. The third-order valence-corrected chi connectivity index (χ3v) is 7.50. The molecule has 1 aromatic carbocycles. The van der Waals surface area contributed by atoms with Crippen molar-refractivity contribution in [2.24, 2.45) is 17.8 Å². The Labute approximate surface area is 233 Å². The lowest BCUT2D eigenvalue weighted by molar-refractivity contribution is -0.127. The predicted molar refractivity (Wildman–Crippen MR) is 146 cm³/mol. The molecule has 218 valence electrons. The number of amides is 2. The lowest BCUT2D eigenvalue weighted by Crippen LogP contribution is -2.52. The SMILES string of the molecule is CC(C)CC(NC(=O)[C@@H]1CCCC[C@@H]1NC(=O)c1ccc(F)cc1CN(C)C)C(=O)c1nn(CC2CC2)c(=O)o1. The molecule has 0 radical (unpaired) electrons. The van der Waals surface area contributed by atoms with E-state index < -0.39 is 35.4 Å². The van der Waals surface area contributed by atoms with Crippen molar-refractivity contribution in [3.05, 3.63) is 51.6 Å². The fraction of sp³-hybridized carbons (Fsp3) is 0.621. The average molecular weight is 558 g/mol. The maximum Gasteiger partial charge on any atom is 0.437 e. The Hall–Kier alpha value is -3.34. The average Bonchev–Trinajstić information content (AvgIpc) is 3.63. The molecule has 3 atom stereocenters. The molecular formula is C29H40FN5O5. The van der Waals surface area contributed by atoms with E-state index in [1.54, 1.807) is 0 Å². The van der Waals surface area contributed by atoms with Gasteiger partial charge < -0.3 is 20.0 Å². The van der Waals surface area contributed by atoms with E-state index in [9.17, 15) is 23.6 Å². The summed E-state index contributed by atoms with van der Waals surface area (Å²) < 4.78 is 20.3. The monoisotopic (exact) mass is 557 g/mol. The third kappa shape index (κ3) is 7.65. The van der Waals surface area contributed by atoms with E-state index >= 15 is 0 Å². The summed E-state index contributed by atoms with van der Waals surface area (Å²) in [5.74, 6) is -2.71. The summed E-state index contributed by atoms with van der Waals surface area (Å²) >= 11 is 0. The van der Waals surface area contributed by atoms with Gasteiger partial charge in [0, 0.05) is 18.2 Å².